The molecule has 0 spiro atoms. The molecule has 0 aliphatic carbocycles. The first-order valence-electron chi connectivity index (χ1n) is 2.99. The molecule has 1 rings (SSSR count). The molecule has 0 amide bonds. The smallest absolute Gasteiger partial charge is 1.00 e. The normalized spacial score (nSPS) is 7.18. The van der Waals surface area contributed by atoms with Crippen molar-refractivity contribution in [3.8, 4) is 5.75 Å². The van der Waals surface area contributed by atoms with Gasteiger partial charge in [0.05, 0.1) is 0 Å². The van der Waals surface area contributed by atoms with Crippen molar-refractivity contribution in [3.63, 3.8) is 0 Å². The molecule has 58 valence electrons. The van der Waals surface area contributed by atoms with Crippen LogP contribution in [0.3, 0.4) is 0 Å². The molecule has 0 radical (unpaired) electrons. The van der Waals surface area contributed by atoms with Gasteiger partial charge < -0.3 is 11.6 Å². The van der Waals surface area contributed by atoms with E-state index in [4.69, 9.17) is 10.2 Å². The molecule has 0 aliphatic rings. The Balaban J connectivity index is -0.000000189. The molecule has 1 aromatic rings. The van der Waals surface area contributed by atoms with Gasteiger partial charge in [-0.05, 0) is 19.1 Å². The molecule has 2 nitrogen and oxygen atoms in total. The van der Waals surface area contributed by atoms with Gasteiger partial charge in [-0.2, -0.15) is 0 Å². The number of aromatic hydroxyl groups is 1. The van der Waals surface area contributed by atoms with Gasteiger partial charge in [0, 0.05) is 7.11 Å². The van der Waals surface area contributed by atoms with E-state index in [1.807, 2.05) is 19.1 Å². The Bertz CT molecular complexity index is 156. The van der Waals surface area contributed by atoms with Gasteiger partial charge in [-0.3, -0.25) is 0 Å². The van der Waals surface area contributed by atoms with Crippen LogP contribution in [-0.4, -0.2) is 17.3 Å². The molecule has 2 N–H and O–H groups in total. The topological polar surface area (TPSA) is 40.5 Å². The molecule has 0 unspecified atom stereocenters. The first-order valence-corrected chi connectivity index (χ1v) is 2.99. The molecule has 0 atom stereocenters. The maximum Gasteiger partial charge on any atom is 1.00 e. The van der Waals surface area contributed by atoms with Crippen LogP contribution in [0.25, 0.3) is 0 Å². The minimum atomic E-state index is 0. The van der Waals surface area contributed by atoms with E-state index in [9.17, 15) is 0 Å². The fourth-order valence-electron chi connectivity index (χ4n) is 0.545. The summed E-state index contributed by atoms with van der Waals surface area (Å²) in [7, 11) is 1.00. The molecule has 0 saturated heterocycles. The Kier molecular flexibility index (Phi) is 9.96. The molecule has 0 aromatic heterocycles. The SMILES string of the molecule is CO.Cc1ccc(O)cc1.[H-].[Na+]. The van der Waals surface area contributed by atoms with Gasteiger partial charge in [0.15, 0.2) is 0 Å². The Hall–Kier alpha value is -0.0200. The molecule has 0 fully saturated rings. The summed E-state index contributed by atoms with van der Waals surface area (Å²) in [6, 6.07) is 7.09. The van der Waals surface area contributed by atoms with Crippen LogP contribution in [0.2, 0.25) is 0 Å². The van der Waals surface area contributed by atoms with E-state index in [2.05, 4.69) is 0 Å². The van der Waals surface area contributed by atoms with Gasteiger partial charge >= 0.3 is 29.6 Å². The standard InChI is InChI=1S/C7H8O.CH4O.Na.H/c1-6-2-4-7(8)5-3-6;1-2;;/h2-5,8H,1H3;2H,1H3;;/q;;+1;-1. The van der Waals surface area contributed by atoms with Crippen molar-refractivity contribution < 1.29 is 41.2 Å². The Morgan fingerprint density at radius 2 is 1.45 bits per heavy atom. The van der Waals surface area contributed by atoms with Gasteiger partial charge in [-0.15, -0.1) is 0 Å². The third-order valence-corrected chi connectivity index (χ3v) is 1.03. The quantitative estimate of drug-likeness (QED) is 0.455. The van der Waals surface area contributed by atoms with Crippen molar-refractivity contribution in [2.45, 2.75) is 6.92 Å². The number of hydrogen-bond acceptors (Lipinski definition) is 2. The molecule has 11 heavy (non-hydrogen) atoms. The molecule has 0 bridgehead atoms. The molecule has 3 heteroatoms. The average Bonchev–Trinajstić information content (AvgIpc) is 2.00. The second-order valence-corrected chi connectivity index (χ2v) is 1.84. The summed E-state index contributed by atoms with van der Waals surface area (Å²) in [5.74, 6) is 0.329. The van der Waals surface area contributed by atoms with Crippen molar-refractivity contribution in [1.82, 2.24) is 0 Å². The first-order chi connectivity index (χ1) is 4.79. The molecule has 0 aliphatic heterocycles. The first kappa shape index (κ1) is 13.6. The van der Waals surface area contributed by atoms with E-state index < -0.39 is 0 Å². The molecule has 0 saturated carbocycles. The Labute approximate surface area is 90.7 Å². The minimum absolute atomic E-state index is 0. The summed E-state index contributed by atoms with van der Waals surface area (Å²) in [5.41, 5.74) is 1.17. The summed E-state index contributed by atoms with van der Waals surface area (Å²) in [4.78, 5) is 0. The number of rotatable bonds is 0. The predicted molar refractivity (Wildman–Crippen MR) is 42.1 cm³/mol. The number of phenols is 1. The van der Waals surface area contributed by atoms with Crippen LogP contribution in [-0.2, 0) is 0 Å². The maximum absolute atomic E-state index is 8.76. The van der Waals surface area contributed by atoms with Crippen molar-refractivity contribution >= 4 is 0 Å². The van der Waals surface area contributed by atoms with E-state index in [1.54, 1.807) is 12.1 Å². The second-order valence-electron chi connectivity index (χ2n) is 1.84. The van der Waals surface area contributed by atoms with E-state index in [0.717, 1.165) is 7.11 Å². The van der Waals surface area contributed by atoms with E-state index >= 15 is 0 Å². The Morgan fingerprint density at radius 1 is 1.09 bits per heavy atom. The maximum atomic E-state index is 8.76. The zero-order valence-corrected chi connectivity index (χ0v) is 9.20. The average molecular weight is 164 g/mol. The molecular formula is C8H13NaO2. The van der Waals surface area contributed by atoms with Crippen LogP contribution in [0.5, 0.6) is 5.75 Å². The van der Waals surface area contributed by atoms with Crippen molar-refractivity contribution in [3.05, 3.63) is 29.8 Å². The van der Waals surface area contributed by atoms with Crippen molar-refractivity contribution in [2.75, 3.05) is 7.11 Å². The minimum Gasteiger partial charge on any atom is -1.00 e. The number of phenolic OH excluding ortho intramolecular Hbond substituents is 1. The Morgan fingerprint density at radius 3 is 1.73 bits per heavy atom. The fourth-order valence-corrected chi connectivity index (χ4v) is 0.545. The summed E-state index contributed by atoms with van der Waals surface area (Å²) < 4.78 is 0. The number of benzene rings is 1. The van der Waals surface area contributed by atoms with E-state index in [-0.39, 0.29) is 31.0 Å². The van der Waals surface area contributed by atoms with E-state index in [1.165, 1.54) is 5.56 Å². The van der Waals surface area contributed by atoms with Gasteiger partial charge in [0.2, 0.25) is 0 Å². The van der Waals surface area contributed by atoms with Crippen LogP contribution in [0.4, 0.5) is 0 Å². The largest absolute Gasteiger partial charge is 1.00 e. The van der Waals surface area contributed by atoms with Crippen molar-refractivity contribution in [1.29, 1.82) is 0 Å². The summed E-state index contributed by atoms with van der Waals surface area (Å²) in [6.07, 6.45) is 0. The zero-order valence-electron chi connectivity index (χ0n) is 8.20. The van der Waals surface area contributed by atoms with Gasteiger partial charge in [0.25, 0.3) is 0 Å². The molecular weight excluding hydrogens is 151 g/mol. The monoisotopic (exact) mass is 164 g/mol. The van der Waals surface area contributed by atoms with Crippen LogP contribution in [0.15, 0.2) is 24.3 Å². The number of aryl methyl sites for hydroxylation is 1. The van der Waals surface area contributed by atoms with Crippen LogP contribution < -0.4 is 29.6 Å². The number of aliphatic hydroxyl groups is 1. The summed E-state index contributed by atoms with van der Waals surface area (Å²) in [6.45, 7) is 1.99. The molecule has 1 aromatic carbocycles. The van der Waals surface area contributed by atoms with Gasteiger partial charge in [-0.25, -0.2) is 0 Å². The van der Waals surface area contributed by atoms with E-state index in [0.29, 0.717) is 5.75 Å². The second kappa shape index (κ2) is 8.08. The molecule has 0 heterocycles. The third kappa shape index (κ3) is 6.38. The van der Waals surface area contributed by atoms with Crippen LogP contribution >= 0.6 is 0 Å². The predicted octanol–water partition coefficient (Wildman–Crippen LogP) is -1.57. The summed E-state index contributed by atoms with van der Waals surface area (Å²) >= 11 is 0. The van der Waals surface area contributed by atoms with Crippen LogP contribution in [0.1, 0.15) is 6.99 Å². The summed E-state index contributed by atoms with van der Waals surface area (Å²) in [5, 5.41) is 15.8. The number of aliphatic hydroxyl groups excluding tert-OH is 1. The van der Waals surface area contributed by atoms with Crippen molar-refractivity contribution in [2.24, 2.45) is 0 Å². The van der Waals surface area contributed by atoms with Gasteiger partial charge in [-0.1, -0.05) is 17.7 Å². The third-order valence-electron chi connectivity index (χ3n) is 1.03. The van der Waals surface area contributed by atoms with Crippen LogP contribution in [0, 0.1) is 6.92 Å². The number of hydrogen-bond donors (Lipinski definition) is 2. The van der Waals surface area contributed by atoms with Gasteiger partial charge in [0.1, 0.15) is 5.75 Å². The fraction of sp³-hybridized carbons (Fsp3) is 0.250. The zero-order chi connectivity index (χ0) is 7.98.